The summed E-state index contributed by atoms with van der Waals surface area (Å²) in [5.74, 6) is -0.631. The van der Waals surface area contributed by atoms with Crippen LogP contribution in [0.4, 0.5) is 0 Å². The second kappa shape index (κ2) is 5.51. The molecule has 1 fully saturated rings. The Kier molecular flexibility index (Phi) is 3.82. The second-order valence-corrected chi connectivity index (χ2v) is 8.65. The maximum Gasteiger partial charge on any atom is 0.283 e. The molecular formula is C14H17N3O3S2. The number of amides is 1. The standard InChI is InChI=1S/C14H17N3O3S2/c1-9-8-13(21-10(9)2)22(19,20)16-14(18)12-6-7-15-17(12)11-4-3-5-11/h6-8,11H,3-5H2,1-2H3,(H,16,18). The smallest absolute Gasteiger partial charge is 0.266 e. The van der Waals surface area contributed by atoms with Gasteiger partial charge in [0.1, 0.15) is 9.90 Å². The van der Waals surface area contributed by atoms with Gasteiger partial charge in [-0.05, 0) is 50.8 Å². The zero-order chi connectivity index (χ0) is 15.9. The van der Waals surface area contributed by atoms with Crippen LogP contribution in [0.25, 0.3) is 0 Å². The first kappa shape index (κ1) is 15.2. The predicted octanol–water partition coefficient (Wildman–Crippen LogP) is 2.41. The van der Waals surface area contributed by atoms with E-state index in [1.54, 1.807) is 16.8 Å². The molecule has 22 heavy (non-hydrogen) atoms. The summed E-state index contributed by atoms with van der Waals surface area (Å²) >= 11 is 1.16. The molecule has 1 amide bonds. The summed E-state index contributed by atoms with van der Waals surface area (Å²) in [6.07, 6.45) is 4.58. The monoisotopic (exact) mass is 339 g/mol. The number of hydrogen-bond donors (Lipinski definition) is 1. The third-order valence-corrected chi connectivity index (χ3v) is 6.92. The van der Waals surface area contributed by atoms with Crippen LogP contribution in [0.3, 0.4) is 0 Å². The van der Waals surface area contributed by atoms with Gasteiger partial charge < -0.3 is 0 Å². The summed E-state index contributed by atoms with van der Waals surface area (Å²) < 4.78 is 28.6. The van der Waals surface area contributed by atoms with E-state index >= 15 is 0 Å². The van der Waals surface area contributed by atoms with Gasteiger partial charge in [0.25, 0.3) is 15.9 Å². The molecule has 1 aliphatic carbocycles. The number of rotatable bonds is 4. The molecule has 6 nitrogen and oxygen atoms in total. The quantitative estimate of drug-likeness (QED) is 0.927. The summed E-state index contributed by atoms with van der Waals surface area (Å²) in [7, 11) is -3.84. The normalized spacial score (nSPS) is 15.5. The minimum atomic E-state index is -3.84. The van der Waals surface area contributed by atoms with E-state index in [1.807, 2.05) is 13.8 Å². The van der Waals surface area contributed by atoms with Crippen LogP contribution in [-0.4, -0.2) is 24.1 Å². The van der Waals surface area contributed by atoms with Crippen molar-refractivity contribution in [1.29, 1.82) is 0 Å². The highest BCUT2D eigenvalue weighted by molar-refractivity contribution is 7.92. The molecule has 0 unspecified atom stereocenters. The minimum Gasteiger partial charge on any atom is -0.266 e. The number of thiophene rings is 1. The van der Waals surface area contributed by atoms with E-state index in [1.165, 1.54) is 6.20 Å². The lowest BCUT2D eigenvalue weighted by atomic mass is 9.93. The van der Waals surface area contributed by atoms with Crippen LogP contribution in [0, 0.1) is 13.8 Å². The molecule has 2 heterocycles. The van der Waals surface area contributed by atoms with Crippen LogP contribution < -0.4 is 4.72 Å². The largest absolute Gasteiger partial charge is 0.283 e. The van der Waals surface area contributed by atoms with Gasteiger partial charge in [0.15, 0.2) is 0 Å². The first-order valence-corrected chi connectivity index (χ1v) is 9.36. The average Bonchev–Trinajstić information content (AvgIpc) is 2.95. The van der Waals surface area contributed by atoms with Gasteiger partial charge >= 0.3 is 0 Å². The van der Waals surface area contributed by atoms with Gasteiger partial charge in [-0.3, -0.25) is 9.48 Å². The van der Waals surface area contributed by atoms with Gasteiger partial charge in [-0.2, -0.15) is 5.10 Å². The Morgan fingerprint density at radius 2 is 2.14 bits per heavy atom. The fourth-order valence-electron chi connectivity index (χ4n) is 2.31. The Morgan fingerprint density at radius 1 is 1.41 bits per heavy atom. The molecule has 0 aromatic carbocycles. The van der Waals surface area contributed by atoms with E-state index in [4.69, 9.17) is 0 Å². The minimum absolute atomic E-state index is 0.158. The number of aromatic nitrogens is 2. The molecular weight excluding hydrogens is 322 g/mol. The fraction of sp³-hybridized carbons (Fsp3) is 0.429. The van der Waals surface area contributed by atoms with Crippen molar-refractivity contribution in [1.82, 2.24) is 14.5 Å². The number of nitrogens with zero attached hydrogens (tertiary/aromatic N) is 2. The molecule has 2 aromatic heterocycles. The molecule has 118 valence electrons. The van der Waals surface area contributed by atoms with Crippen molar-refractivity contribution in [3.8, 4) is 0 Å². The first-order valence-electron chi connectivity index (χ1n) is 7.06. The molecule has 0 radical (unpaired) electrons. The summed E-state index contributed by atoms with van der Waals surface area (Å²) in [6, 6.07) is 3.33. The van der Waals surface area contributed by atoms with Crippen molar-refractivity contribution >= 4 is 27.3 Å². The Labute approximate surface area is 133 Å². The summed E-state index contributed by atoms with van der Waals surface area (Å²) in [5, 5.41) is 4.14. The van der Waals surface area contributed by atoms with Crippen LogP contribution in [-0.2, 0) is 10.0 Å². The number of carbonyl (C=O) groups excluding carboxylic acids is 1. The van der Waals surface area contributed by atoms with Gasteiger partial charge in [-0.15, -0.1) is 11.3 Å². The molecule has 0 aliphatic heterocycles. The molecule has 0 atom stereocenters. The highest BCUT2D eigenvalue weighted by Crippen LogP contribution is 2.32. The molecule has 3 rings (SSSR count). The summed E-state index contributed by atoms with van der Waals surface area (Å²) in [4.78, 5) is 13.2. The Morgan fingerprint density at radius 3 is 2.68 bits per heavy atom. The third kappa shape index (κ3) is 2.68. The van der Waals surface area contributed by atoms with Crippen molar-refractivity contribution in [2.45, 2.75) is 43.4 Å². The van der Waals surface area contributed by atoms with Gasteiger partial charge in [0.2, 0.25) is 0 Å². The number of aryl methyl sites for hydroxylation is 2. The fourth-order valence-corrected chi connectivity index (χ4v) is 4.79. The molecule has 0 bridgehead atoms. The molecule has 0 spiro atoms. The van der Waals surface area contributed by atoms with E-state index in [0.717, 1.165) is 41.0 Å². The molecule has 1 aliphatic rings. The van der Waals surface area contributed by atoms with Gasteiger partial charge in [-0.25, -0.2) is 13.1 Å². The maximum atomic E-state index is 12.3. The van der Waals surface area contributed by atoms with Crippen molar-refractivity contribution in [2.24, 2.45) is 0 Å². The Balaban J connectivity index is 1.83. The Hall–Kier alpha value is -1.67. The van der Waals surface area contributed by atoms with Crippen molar-refractivity contribution in [2.75, 3.05) is 0 Å². The van der Waals surface area contributed by atoms with E-state index in [0.29, 0.717) is 5.69 Å². The van der Waals surface area contributed by atoms with Gasteiger partial charge in [-0.1, -0.05) is 0 Å². The topological polar surface area (TPSA) is 81.1 Å². The van der Waals surface area contributed by atoms with Crippen molar-refractivity contribution in [3.63, 3.8) is 0 Å². The number of carbonyl (C=O) groups is 1. The second-order valence-electron chi connectivity index (χ2n) is 5.49. The lowest BCUT2D eigenvalue weighted by molar-refractivity contribution is 0.0963. The van der Waals surface area contributed by atoms with Crippen LogP contribution in [0.1, 0.15) is 46.2 Å². The number of sulfonamides is 1. The average molecular weight is 339 g/mol. The molecule has 0 saturated heterocycles. The molecule has 1 saturated carbocycles. The number of hydrogen-bond acceptors (Lipinski definition) is 5. The molecule has 1 N–H and O–H groups in total. The van der Waals surface area contributed by atoms with E-state index in [2.05, 4.69) is 9.82 Å². The van der Waals surface area contributed by atoms with E-state index in [9.17, 15) is 13.2 Å². The highest BCUT2D eigenvalue weighted by atomic mass is 32.2. The van der Waals surface area contributed by atoms with Gasteiger partial charge in [0.05, 0.1) is 6.04 Å². The summed E-state index contributed by atoms with van der Waals surface area (Å²) in [5.41, 5.74) is 1.19. The number of nitrogens with one attached hydrogen (secondary N) is 1. The highest BCUT2D eigenvalue weighted by Gasteiger charge is 2.27. The lowest BCUT2D eigenvalue weighted by Gasteiger charge is -2.27. The zero-order valence-corrected chi connectivity index (χ0v) is 14.0. The van der Waals surface area contributed by atoms with E-state index in [-0.39, 0.29) is 10.3 Å². The van der Waals surface area contributed by atoms with Crippen LogP contribution >= 0.6 is 11.3 Å². The van der Waals surface area contributed by atoms with Crippen molar-refractivity contribution in [3.05, 3.63) is 34.5 Å². The van der Waals surface area contributed by atoms with Crippen LogP contribution in [0.5, 0.6) is 0 Å². The lowest BCUT2D eigenvalue weighted by Crippen LogP contribution is -2.33. The van der Waals surface area contributed by atoms with Crippen molar-refractivity contribution < 1.29 is 13.2 Å². The van der Waals surface area contributed by atoms with Crippen LogP contribution in [0.2, 0.25) is 0 Å². The molecule has 8 heteroatoms. The SMILES string of the molecule is Cc1cc(S(=O)(=O)NC(=O)c2ccnn2C2CCC2)sc1C. The Bertz CT molecular complexity index is 797. The van der Waals surface area contributed by atoms with E-state index < -0.39 is 15.9 Å². The third-order valence-electron chi connectivity index (χ3n) is 3.96. The summed E-state index contributed by atoms with van der Waals surface area (Å²) in [6.45, 7) is 3.70. The maximum absolute atomic E-state index is 12.3. The predicted molar refractivity (Wildman–Crippen MR) is 83.6 cm³/mol. The zero-order valence-electron chi connectivity index (χ0n) is 12.4. The van der Waals surface area contributed by atoms with Crippen LogP contribution in [0.15, 0.2) is 22.5 Å². The first-order chi connectivity index (χ1) is 10.4. The van der Waals surface area contributed by atoms with Gasteiger partial charge in [0, 0.05) is 11.1 Å². The molecule has 2 aromatic rings.